The van der Waals surface area contributed by atoms with Crippen molar-refractivity contribution in [1.29, 1.82) is 0 Å². The first-order chi connectivity index (χ1) is 9.61. The number of rotatable bonds is 4. The van der Waals surface area contributed by atoms with Gasteiger partial charge in [0.2, 0.25) is 0 Å². The minimum atomic E-state index is -0.490. The van der Waals surface area contributed by atoms with Crippen molar-refractivity contribution in [2.24, 2.45) is 0 Å². The fourth-order valence-corrected chi connectivity index (χ4v) is 1.99. The third-order valence-electron chi connectivity index (χ3n) is 2.90. The monoisotopic (exact) mass is 291 g/mol. The summed E-state index contributed by atoms with van der Waals surface area (Å²) in [5.41, 5.74) is 1.13. The number of phenolic OH excluding ortho intramolecular Hbond substituents is 1. The molecule has 0 bridgehead atoms. The molecule has 0 unspecified atom stereocenters. The molecule has 1 atom stereocenters. The molecular weight excluding hydrogens is 278 g/mol. The van der Waals surface area contributed by atoms with E-state index in [4.69, 9.17) is 11.6 Å². The van der Waals surface area contributed by atoms with Crippen LogP contribution in [0.5, 0.6) is 5.75 Å². The van der Waals surface area contributed by atoms with Crippen molar-refractivity contribution < 1.29 is 15.0 Å². The largest absolute Gasteiger partial charge is 0.506 e. The summed E-state index contributed by atoms with van der Waals surface area (Å²) in [6.07, 6.45) is 0. The van der Waals surface area contributed by atoms with Gasteiger partial charge >= 0.3 is 0 Å². The fourth-order valence-electron chi connectivity index (χ4n) is 1.81. The van der Waals surface area contributed by atoms with Crippen LogP contribution in [0.2, 0.25) is 5.02 Å². The third-order valence-corrected chi connectivity index (χ3v) is 3.20. The molecule has 0 spiro atoms. The summed E-state index contributed by atoms with van der Waals surface area (Å²) in [5, 5.41) is 21.5. The maximum atomic E-state index is 12.1. The molecule has 104 valence electrons. The van der Waals surface area contributed by atoms with Gasteiger partial charge in [-0.1, -0.05) is 41.9 Å². The van der Waals surface area contributed by atoms with Crippen molar-refractivity contribution in [1.82, 2.24) is 5.32 Å². The zero-order chi connectivity index (χ0) is 14.5. The van der Waals surface area contributed by atoms with Crippen LogP contribution in [-0.4, -0.2) is 22.7 Å². The van der Waals surface area contributed by atoms with Crippen molar-refractivity contribution in [3.63, 3.8) is 0 Å². The molecule has 2 rings (SSSR count). The van der Waals surface area contributed by atoms with Gasteiger partial charge in [-0.15, -0.1) is 0 Å². The molecule has 2 aromatic rings. The molecular formula is C15H14ClNO3. The van der Waals surface area contributed by atoms with E-state index in [0.717, 1.165) is 5.56 Å². The van der Waals surface area contributed by atoms with Crippen LogP contribution in [0.1, 0.15) is 22.0 Å². The number of hydrogen-bond acceptors (Lipinski definition) is 3. The summed E-state index contributed by atoms with van der Waals surface area (Å²) in [6, 6.07) is 12.9. The minimum Gasteiger partial charge on any atom is -0.506 e. The maximum absolute atomic E-state index is 12.1. The Balaban J connectivity index is 2.15. The zero-order valence-electron chi connectivity index (χ0n) is 10.6. The molecule has 0 aliphatic heterocycles. The van der Waals surface area contributed by atoms with Gasteiger partial charge in [-0.25, -0.2) is 0 Å². The number of halogens is 1. The summed E-state index contributed by atoms with van der Waals surface area (Å²) in [4.78, 5) is 12.1. The van der Waals surface area contributed by atoms with Gasteiger partial charge in [0.05, 0.1) is 17.7 Å². The van der Waals surface area contributed by atoms with Crippen molar-refractivity contribution >= 4 is 17.5 Å². The lowest BCUT2D eigenvalue weighted by Crippen LogP contribution is -2.30. The second-order valence-electron chi connectivity index (χ2n) is 4.29. The standard InChI is InChI=1S/C15H14ClNO3/c16-12-8-11(6-7-14(12)19)15(20)17-13(9-18)10-4-2-1-3-5-10/h1-8,13,18-19H,9H2,(H,17,20)/t13-/m0/s1. The second kappa shape index (κ2) is 6.41. The molecule has 0 saturated carbocycles. The molecule has 4 nitrogen and oxygen atoms in total. The molecule has 1 amide bonds. The van der Waals surface area contributed by atoms with E-state index in [0.29, 0.717) is 5.56 Å². The Bertz CT molecular complexity index is 601. The maximum Gasteiger partial charge on any atom is 0.251 e. The molecule has 0 radical (unpaired) electrons. The number of carbonyl (C=O) groups is 1. The van der Waals surface area contributed by atoms with Crippen LogP contribution in [-0.2, 0) is 0 Å². The highest BCUT2D eigenvalue weighted by Gasteiger charge is 2.15. The van der Waals surface area contributed by atoms with Gasteiger partial charge in [-0.05, 0) is 23.8 Å². The highest BCUT2D eigenvalue weighted by atomic mass is 35.5. The lowest BCUT2D eigenvalue weighted by atomic mass is 10.1. The van der Waals surface area contributed by atoms with Crippen molar-refractivity contribution in [3.8, 4) is 5.75 Å². The number of phenols is 1. The van der Waals surface area contributed by atoms with Gasteiger partial charge in [0.1, 0.15) is 5.75 Å². The predicted octanol–water partition coefficient (Wildman–Crippen LogP) is 2.51. The van der Waals surface area contributed by atoms with Crippen LogP contribution >= 0.6 is 11.6 Å². The van der Waals surface area contributed by atoms with Crippen LogP contribution < -0.4 is 5.32 Å². The summed E-state index contributed by atoms with van der Waals surface area (Å²) in [7, 11) is 0. The first kappa shape index (κ1) is 14.4. The molecule has 0 aliphatic rings. The quantitative estimate of drug-likeness (QED) is 0.811. The summed E-state index contributed by atoms with van der Waals surface area (Å²) in [6.45, 7) is -0.207. The lowest BCUT2D eigenvalue weighted by Gasteiger charge is -2.16. The lowest BCUT2D eigenvalue weighted by molar-refractivity contribution is 0.0916. The van der Waals surface area contributed by atoms with Crippen LogP contribution in [0.15, 0.2) is 48.5 Å². The van der Waals surface area contributed by atoms with Crippen LogP contribution in [0.4, 0.5) is 0 Å². The van der Waals surface area contributed by atoms with E-state index < -0.39 is 6.04 Å². The third kappa shape index (κ3) is 3.29. The topological polar surface area (TPSA) is 69.6 Å². The van der Waals surface area contributed by atoms with Crippen molar-refractivity contribution in [2.75, 3.05) is 6.61 Å². The minimum absolute atomic E-state index is 0.0787. The van der Waals surface area contributed by atoms with Gasteiger partial charge in [-0.2, -0.15) is 0 Å². The van der Waals surface area contributed by atoms with Gasteiger partial charge in [0.25, 0.3) is 5.91 Å². The number of aromatic hydroxyl groups is 1. The predicted molar refractivity (Wildman–Crippen MR) is 76.9 cm³/mol. The normalized spacial score (nSPS) is 11.9. The molecule has 20 heavy (non-hydrogen) atoms. The molecule has 0 fully saturated rings. The molecule has 0 aliphatic carbocycles. The Hall–Kier alpha value is -2.04. The highest BCUT2D eigenvalue weighted by molar-refractivity contribution is 6.32. The Labute approximate surface area is 121 Å². The first-order valence-corrected chi connectivity index (χ1v) is 6.45. The zero-order valence-corrected chi connectivity index (χ0v) is 11.3. The Morgan fingerprint density at radius 1 is 1.20 bits per heavy atom. The van der Waals surface area contributed by atoms with E-state index in [2.05, 4.69) is 5.32 Å². The molecule has 0 heterocycles. The van der Waals surface area contributed by atoms with E-state index in [1.807, 2.05) is 30.3 Å². The van der Waals surface area contributed by atoms with Gasteiger partial charge in [0, 0.05) is 5.56 Å². The molecule has 3 N–H and O–H groups in total. The molecule has 5 heteroatoms. The van der Waals surface area contributed by atoms with Gasteiger partial charge < -0.3 is 15.5 Å². The number of benzene rings is 2. The highest BCUT2D eigenvalue weighted by Crippen LogP contribution is 2.24. The molecule has 0 saturated heterocycles. The summed E-state index contributed by atoms with van der Waals surface area (Å²) >= 11 is 5.77. The van der Waals surface area contributed by atoms with Crippen molar-refractivity contribution in [2.45, 2.75) is 6.04 Å². The Morgan fingerprint density at radius 2 is 1.90 bits per heavy atom. The molecule has 2 aromatic carbocycles. The van der Waals surface area contributed by atoms with E-state index in [1.165, 1.54) is 18.2 Å². The average Bonchev–Trinajstić information content (AvgIpc) is 2.48. The van der Waals surface area contributed by atoms with Gasteiger partial charge in [-0.3, -0.25) is 4.79 Å². The Kier molecular flexibility index (Phi) is 4.61. The van der Waals surface area contributed by atoms with E-state index in [1.54, 1.807) is 0 Å². The Morgan fingerprint density at radius 3 is 2.50 bits per heavy atom. The number of aliphatic hydroxyl groups excluding tert-OH is 1. The van der Waals surface area contributed by atoms with Gasteiger partial charge in [0.15, 0.2) is 0 Å². The number of carbonyl (C=O) groups excluding carboxylic acids is 1. The van der Waals surface area contributed by atoms with E-state index in [9.17, 15) is 15.0 Å². The van der Waals surface area contributed by atoms with E-state index >= 15 is 0 Å². The van der Waals surface area contributed by atoms with Crippen LogP contribution in [0, 0.1) is 0 Å². The SMILES string of the molecule is O=C(N[C@@H](CO)c1ccccc1)c1ccc(O)c(Cl)c1. The van der Waals surface area contributed by atoms with Crippen LogP contribution in [0.3, 0.4) is 0 Å². The number of amides is 1. The summed E-state index contributed by atoms with van der Waals surface area (Å²) in [5.74, 6) is -0.445. The number of nitrogens with one attached hydrogen (secondary N) is 1. The van der Waals surface area contributed by atoms with E-state index in [-0.39, 0.29) is 23.3 Å². The second-order valence-corrected chi connectivity index (χ2v) is 4.69. The molecule has 0 aromatic heterocycles. The number of aliphatic hydroxyl groups is 1. The summed E-state index contributed by atoms with van der Waals surface area (Å²) < 4.78 is 0. The van der Waals surface area contributed by atoms with Crippen LogP contribution in [0.25, 0.3) is 0 Å². The fraction of sp³-hybridized carbons (Fsp3) is 0.133. The first-order valence-electron chi connectivity index (χ1n) is 6.07. The smallest absolute Gasteiger partial charge is 0.251 e. The average molecular weight is 292 g/mol. The van der Waals surface area contributed by atoms with Crippen molar-refractivity contribution in [3.05, 3.63) is 64.7 Å². The number of hydrogen-bond donors (Lipinski definition) is 3.